The van der Waals surface area contributed by atoms with E-state index in [0.717, 1.165) is 23.1 Å². The van der Waals surface area contributed by atoms with Crippen LogP contribution in [0.25, 0.3) is 11.1 Å². The molecule has 2 N–H and O–H groups in total. The molecule has 0 fully saturated rings. The predicted octanol–water partition coefficient (Wildman–Crippen LogP) is 8.27. The summed E-state index contributed by atoms with van der Waals surface area (Å²) in [6, 6.07) is 17.7. The quantitative estimate of drug-likeness (QED) is 0.166. The van der Waals surface area contributed by atoms with Crippen LogP contribution in [0, 0.1) is 5.92 Å². The van der Waals surface area contributed by atoms with E-state index in [1.54, 1.807) is 42.1 Å². The van der Waals surface area contributed by atoms with E-state index in [0.29, 0.717) is 39.6 Å². The van der Waals surface area contributed by atoms with Crippen LogP contribution < -0.4 is 10.0 Å². The molecule has 7 nitrogen and oxygen atoms in total. The molecule has 3 aromatic rings. The van der Waals surface area contributed by atoms with Crippen LogP contribution in [0.5, 0.6) is 5.75 Å². The van der Waals surface area contributed by atoms with Crippen LogP contribution in [-0.2, 0) is 36.3 Å². The summed E-state index contributed by atoms with van der Waals surface area (Å²) in [5, 5.41) is -0.127. The summed E-state index contributed by atoms with van der Waals surface area (Å²) in [6.45, 7) is 4.48. The zero-order valence-electron chi connectivity index (χ0n) is 21.3. The summed E-state index contributed by atoms with van der Waals surface area (Å²) in [5.41, 5.74) is 3.89. The Hall–Kier alpha value is -1.55. The predicted molar refractivity (Wildman–Crippen MR) is 153 cm³/mol. The van der Waals surface area contributed by atoms with Gasteiger partial charge < -0.3 is 14.5 Å². The normalized spacial score (nSPS) is 12.2. The molecule has 0 heterocycles. The Morgan fingerprint density at radius 1 is 0.897 bits per heavy atom. The fourth-order valence-electron chi connectivity index (χ4n) is 3.61. The maximum atomic E-state index is 12.3. The van der Waals surface area contributed by atoms with Gasteiger partial charge in [-0.1, -0.05) is 72.2 Å². The third-order valence-corrected chi connectivity index (χ3v) is 9.68. The van der Waals surface area contributed by atoms with Gasteiger partial charge in [-0.3, -0.25) is 9.13 Å². The highest BCUT2D eigenvalue weighted by molar-refractivity contribution is 9.10. The molecule has 3 aromatic carbocycles. The molecule has 0 aromatic heterocycles. The molecule has 0 unspecified atom stereocenters. The van der Waals surface area contributed by atoms with Crippen molar-refractivity contribution in [3.63, 3.8) is 0 Å². The number of ether oxygens (including phenoxy) is 1. The molecule has 0 spiro atoms. The van der Waals surface area contributed by atoms with Gasteiger partial charge in [0.05, 0.1) is 12.8 Å². The topological polar surface area (TPSA) is 102 Å². The number of thioether (sulfide) groups is 1. The minimum Gasteiger partial charge on any atom is -0.493 e. The molecular weight excluding hydrogens is 636 g/mol. The maximum Gasteiger partial charge on any atom is 0.399 e. The number of halogens is 3. The van der Waals surface area contributed by atoms with Crippen LogP contribution >= 0.6 is 42.9 Å². The molecule has 0 saturated heterocycles. The van der Waals surface area contributed by atoms with Crippen LogP contribution in [0.2, 0.25) is 0 Å². The van der Waals surface area contributed by atoms with Gasteiger partial charge in [-0.15, -0.1) is 9.46 Å². The molecule has 0 aliphatic rings. The molecule has 39 heavy (non-hydrogen) atoms. The molecule has 0 bridgehead atoms. The highest BCUT2D eigenvalue weighted by atomic mass is 79.9. The van der Waals surface area contributed by atoms with Gasteiger partial charge in [-0.2, -0.15) is 11.8 Å². The average molecular weight is 665 g/mol. The van der Waals surface area contributed by atoms with Crippen molar-refractivity contribution in [3.05, 3.63) is 81.8 Å². The van der Waals surface area contributed by atoms with E-state index in [2.05, 4.69) is 39.2 Å². The fourth-order valence-corrected chi connectivity index (χ4v) is 6.88. The Kier molecular flexibility index (Phi) is 11.8. The maximum absolute atomic E-state index is 12.3. The largest absolute Gasteiger partial charge is 0.493 e. The monoisotopic (exact) mass is 664 g/mol. The molecule has 0 aliphatic heterocycles. The first-order chi connectivity index (χ1) is 18.4. The van der Waals surface area contributed by atoms with Crippen molar-refractivity contribution in [2.24, 2.45) is 5.92 Å². The second kappa shape index (κ2) is 14.4. The Morgan fingerprint density at radius 3 is 2.10 bits per heavy atom. The van der Waals surface area contributed by atoms with Gasteiger partial charge >= 0.3 is 15.2 Å². The van der Waals surface area contributed by atoms with Crippen LogP contribution in [0.4, 0.5) is 9.05 Å². The van der Waals surface area contributed by atoms with Crippen LogP contribution in [0.1, 0.15) is 37.0 Å². The summed E-state index contributed by atoms with van der Waals surface area (Å²) >= 11 is 4.97. The van der Waals surface area contributed by atoms with Crippen molar-refractivity contribution in [2.45, 2.75) is 37.9 Å². The van der Waals surface area contributed by atoms with E-state index < -0.39 is 21.4 Å². The Bertz CT molecular complexity index is 1340. The number of rotatable bonds is 14. The van der Waals surface area contributed by atoms with E-state index >= 15 is 0 Å². The second-order valence-electron chi connectivity index (χ2n) is 9.28. The van der Waals surface area contributed by atoms with Gasteiger partial charge in [0.2, 0.25) is 0 Å². The second-order valence-corrected chi connectivity index (χ2v) is 14.5. The zero-order chi connectivity index (χ0) is 28.6. The van der Waals surface area contributed by atoms with E-state index in [9.17, 15) is 28.0 Å². The van der Waals surface area contributed by atoms with Crippen LogP contribution in [0.15, 0.2) is 65.1 Å². The van der Waals surface area contributed by atoms with Crippen molar-refractivity contribution in [2.75, 3.05) is 6.61 Å². The highest BCUT2D eigenvalue weighted by Crippen LogP contribution is 2.53. The lowest BCUT2D eigenvalue weighted by atomic mass is 10.0. The average Bonchev–Trinajstić information content (AvgIpc) is 2.90. The summed E-state index contributed by atoms with van der Waals surface area (Å²) in [5.74, 6) is 1.97. The lowest BCUT2D eigenvalue weighted by molar-refractivity contribution is -0.0881. The first kappa shape index (κ1) is 32.0. The summed E-state index contributed by atoms with van der Waals surface area (Å²) in [6.07, 6.45) is 0.225. The van der Waals surface area contributed by atoms with E-state index in [1.807, 2.05) is 24.3 Å². The van der Waals surface area contributed by atoms with Gasteiger partial charge in [0.25, 0.3) is 0 Å². The van der Waals surface area contributed by atoms with E-state index in [4.69, 9.17) is 4.74 Å². The number of hydrogen-bond acceptors (Lipinski definition) is 6. The highest BCUT2D eigenvalue weighted by Gasteiger charge is 2.29. The summed E-state index contributed by atoms with van der Waals surface area (Å²) in [4.78, 5) is 19.7. The minimum atomic E-state index is -4.53. The Labute approximate surface area is 238 Å². The van der Waals surface area contributed by atoms with E-state index in [1.165, 1.54) is 6.07 Å². The molecule has 0 radical (unpaired) electrons. The molecule has 3 rings (SSSR count). The van der Waals surface area contributed by atoms with Gasteiger partial charge in [0, 0.05) is 16.0 Å². The summed E-state index contributed by atoms with van der Waals surface area (Å²) in [7, 11) is -9.00. The molecule has 13 heteroatoms. The molecule has 0 saturated carbocycles. The molecule has 0 atom stereocenters. The lowest BCUT2D eigenvalue weighted by Gasteiger charge is -2.15. The molecular formula is C26H29BrF2O7P2S. The van der Waals surface area contributed by atoms with Gasteiger partial charge in [0.15, 0.2) is 0 Å². The third-order valence-electron chi connectivity index (χ3n) is 5.74. The number of hydrogen-bond donors (Lipinski definition) is 2. The molecule has 0 aliphatic carbocycles. The van der Waals surface area contributed by atoms with Gasteiger partial charge in [-0.05, 0) is 67.4 Å². The standard InChI is InChI=1S/C26H29BrF2O7P2S/c1-18(2)11-12-34-25-10-9-22(14-26(25)38(31,32)33)21-6-3-19(4-7-21)16-39-17-20-5-8-23(24(27)13-20)15-37(30,35-28)36-29/h3-10,13-14,18H,11-12,15-17H2,1-2H3,(H2,31,32,33). The van der Waals surface area contributed by atoms with E-state index in [-0.39, 0.29) is 11.1 Å². The summed E-state index contributed by atoms with van der Waals surface area (Å²) < 4.78 is 61.0. The van der Waals surface area contributed by atoms with Crippen LogP contribution in [0.3, 0.4) is 0 Å². The fraction of sp³-hybridized carbons (Fsp3) is 0.308. The smallest absolute Gasteiger partial charge is 0.399 e. The van der Waals surface area contributed by atoms with Crippen molar-refractivity contribution in [3.8, 4) is 16.9 Å². The van der Waals surface area contributed by atoms with Crippen molar-refractivity contribution < 1.29 is 42.2 Å². The Balaban J connectivity index is 1.62. The Morgan fingerprint density at radius 2 is 1.51 bits per heavy atom. The van der Waals surface area contributed by atoms with Gasteiger partial charge in [-0.25, -0.2) is 0 Å². The SMILES string of the molecule is CC(C)CCOc1ccc(-c2ccc(CSCc3ccc(CP(=O)(OF)OF)c(Br)c3)cc2)cc1P(=O)(O)O. The first-order valence-electron chi connectivity index (χ1n) is 11.9. The minimum absolute atomic E-state index is 0.127. The van der Waals surface area contributed by atoms with Gasteiger partial charge in [0.1, 0.15) is 11.1 Å². The van der Waals surface area contributed by atoms with Crippen LogP contribution in [-0.4, -0.2) is 16.4 Å². The van der Waals surface area contributed by atoms with Crippen molar-refractivity contribution >= 4 is 48.2 Å². The number of benzene rings is 3. The molecule has 212 valence electrons. The lowest BCUT2D eigenvalue weighted by Crippen LogP contribution is -2.12. The first-order valence-corrected chi connectivity index (χ1v) is 17.2. The zero-order valence-corrected chi connectivity index (χ0v) is 25.4. The van der Waals surface area contributed by atoms with Crippen molar-refractivity contribution in [1.29, 1.82) is 0 Å². The molecule has 0 amide bonds. The third kappa shape index (κ3) is 9.51. The van der Waals surface area contributed by atoms with Crippen molar-refractivity contribution in [1.82, 2.24) is 0 Å².